The molecule has 0 aromatic heterocycles. The zero-order chi connectivity index (χ0) is 16.8. The molecule has 1 fully saturated rings. The van der Waals surface area contributed by atoms with Crippen molar-refractivity contribution >= 4 is 34.5 Å². The largest absolute Gasteiger partial charge is 0.495 e. The van der Waals surface area contributed by atoms with Gasteiger partial charge in [0.15, 0.2) is 0 Å². The lowest BCUT2D eigenvalue weighted by atomic mass is 10.2. The number of nitrogens with zero attached hydrogens (tertiary/aromatic N) is 1. The van der Waals surface area contributed by atoms with Crippen molar-refractivity contribution < 1.29 is 24.2 Å². The van der Waals surface area contributed by atoms with Gasteiger partial charge in [0.05, 0.1) is 12.8 Å². The molecule has 0 saturated carbocycles. The summed E-state index contributed by atoms with van der Waals surface area (Å²) in [4.78, 5) is 37.4. The van der Waals surface area contributed by atoms with Crippen LogP contribution < -0.4 is 15.0 Å². The fourth-order valence-electron chi connectivity index (χ4n) is 2.17. The number of aliphatic hydroxyl groups is 1. The second kappa shape index (κ2) is 7.98. The highest BCUT2D eigenvalue weighted by molar-refractivity contribution is 8.15. The maximum absolute atomic E-state index is 12.5. The van der Waals surface area contributed by atoms with Crippen LogP contribution in [-0.2, 0) is 9.59 Å². The Morgan fingerprint density at radius 2 is 2.13 bits per heavy atom. The third-order valence-electron chi connectivity index (χ3n) is 3.28. The van der Waals surface area contributed by atoms with Crippen LogP contribution in [0.4, 0.5) is 10.5 Å². The average Bonchev–Trinajstić information content (AvgIpc) is 2.81. The van der Waals surface area contributed by atoms with E-state index in [-0.39, 0.29) is 18.9 Å². The Balaban J connectivity index is 2.07. The Morgan fingerprint density at radius 1 is 1.39 bits per heavy atom. The predicted octanol–water partition coefficient (Wildman–Crippen LogP) is 1.15. The smallest absolute Gasteiger partial charge is 0.293 e. The zero-order valence-corrected chi connectivity index (χ0v) is 13.5. The molecule has 1 saturated heterocycles. The summed E-state index contributed by atoms with van der Waals surface area (Å²) < 4.78 is 5.18. The van der Waals surface area contributed by atoms with E-state index in [4.69, 9.17) is 9.84 Å². The minimum Gasteiger partial charge on any atom is -0.495 e. The maximum atomic E-state index is 12.5. The van der Waals surface area contributed by atoms with E-state index in [1.807, 2.05) is 0 Å². The van der Waals surface area contributed by atoms with E-state index in [1.54, 1.807) is 24.3 Å². The van der Waals surface area contributed by atoms with Crippen molar-refractivity contribution in [3.8, 4) is 5.75 Å². The van der Waals surface area contributed by atoms with Crippen molar-refractivity contribution in [3.05, 3.63) is 24.3 Å². The number of nitrogens with one attached hydrogen (secondary N) is 1. The first-order valence-electron chi connectivity index (χ1n) is 7.13. The highest BCUT2D eigenvalue weighted by Crippen LogP contribution is 2.37. The van der Waals surface area contributed by atoms with Crippen LogP contribution in [0.5, 0.6) is 5.75 Å². The van der Waals surface area contributed by atoms with Crippen LogP contribution in [0.3, 0.4) is 0 Å². The highest BCUT2D eigenvalue weighted by Gasteiger charge is 2.42. The number of anilines is 1. The molecule has 1 heterocycles. The van der Waals surface area contributed by atoms with Gasteiger partial charge in [0.25, 0.3) is 5.24 Å². The Hall–Kier alpha value is -2.06. The number of carbonyl (C=O) groups excluding carboxylic acids is 3. The molecule has 2 N–H and O–H groups in total. The zero-order valence-electron chi connectivity index (χ0n) is 12.7. The van der Waals surface area contributed by atoms with E-state index in [0.29, 0.717) is 24.4 Å². The molecular formula is C15H18N2O5S. The van der Waals surface area contributed by atoms with Gasteiger partial charge in [-0.3, -0.25) is 14.4 Å². The van der Waals surface area contributed by atoms with Gasteiger partial charge in [0, 0.05) is 19.6 Å². The molecule has 1 aliphatic heterocycles. The first kappa shape index (κ1) is 17.3. The summed E-state index contributed by atoms with van der Waals surface area (Å²) in [6, 6.07) is 6.74. The minimum atomic E-state index is -0.749. The van der Waals surface area contributed by atoms with Crippen molar-refractivity contribution in [2.24, 2.45) is 0 Å². The van der Waals surface area contributed by atoms with Gasteiger partial charge >= 0.3 is 0 Å². The summed E-state index contributed by atoms with van der Waals surface area (Å²) in [7, 11) is 1.46. The van der Waals surface area contributed by atoms with Gasteiger partial charge in [-0.15, -0.1) is 0 Å². The van der Waals surface area contributed by atoms with Crippen LogP contribution in [0, 0.1) is 0 Å². The molecule has 1 aromatic rings. The second-order valence-electron chi connectivity index (χ2n) is 4.85. The topological polar surface area (TPSA) is 95.9 Å². The van der Waals surface area contributed by atoms with Crippen molar-refractivity contribution in [1.29, 1.82) is 0 Å². The molecule has 23 heavy (non-hydrogen) atoms. The number of thioether (sulfide) groups is 1. The fraction of sp³-hybridized carbons (Fsp3) is 0.400. The number of para-hydroxylation sites is 2. The van der Waals surface area contributed by atoms with E-state index in [9.17, 15) is 14.4 Å². The lowest BCUT2D eigenvalue weighted by Gasteiger charge is -2.16. The number of hydrogen-bond acceptors (Lipinski definition) is 6. The SMILES string of the molecule is COc1ccccc1N1C(=O)SC(CC(=O)NCCCO)C1=O. The Bertz CT molecular complexity index is 607. The molecular weight excluding hydrogens is 320 g/mol. The van der Waals surface area contributed by atoms with Crippen LogP contribution in [0.15, 0.2) is 24.3 Å². The van der Waals surface area contributed by atoms with Crippen molar-refractivity contribution in [2.45, 2.75) is 18.1 Å². The van der Waals surface area contributed by atoms with Crippen LogP contribution in [-0.4, -0.2) is 47.7 Å². The molecule has 1 unspecified atom stereocenters. The summed E-state index contributed by atoms with van der Waals surface area (Å²) in [5.41, 5.74) is 0.376. The molecule has 0 aliphatic carbocycles. The minimum absolute atomic E-state index is 0.0164. The number of benzene rings is 1. The summed E-state index contributed by atoms with van der Waals surface area (Å²) in [6.45, 7) is 0.322. The average molecular weight is 338 g/mol. The summed E-state index contributed by atoms with van der Waals surface area (Å²) in [6.07, 6.45) is 0.371. The molecule has 3 amide bonds. The van der Waals surface area contributed by atoms with Crippen LogP contribution in [0.25, 0.3) is 0 Å². The standard InChI is InChI=1S/C15H18N2O5S/c1-22-11-6-3-2-5-10(11)17-14(20)12(23-15(17)21)9-13(19)16-7-4-8-18/h2-3,5-6,12,18H,4,7-9H2,1H3,(H,16,19). The molecule has 8 heteroatoms. The number of aliphatic hydroxyl groups excluding tert-OH is 1. The Morgan fingerprint density at radius 3 is 2.83 bits per heavy atom. The molecule has 7 nitrogen and oxygen atoms in total. The van der Waals surface area contributed by atoms with Crippen molar-refractivity contribution in [1.82, 2.24) is 5.32 Å². The fourth-order valence-corrected chi connectivity index (χ4v) is 3.14. The van der Waals surface area contributed by atoms with Gasteiger partial charge in [-0.25, -0.2) is 4.90 Å². The van der Waals surface area contributed by atoms with Crippen LogP contribution in [0.2, 0.25) is 0 Å². The molecule has 2 rings (SSSR count). The van der Waals surface area contributed by atoms with E-state index < -0.39 is 16.4 Å². The van der Waals surface area contributed by atoms with E-state index in [0.717, 1.165) is 16.7 Å². The molecule has 1 aromatic carbocycles. The van der Waals surface area contributed by atoms with Gasteiger partial charge < -0.3 is 15.2 Å². The molecule has 124 valence electrons. The second-order valence-corrected chi connectivity index (χ2v) is 6.00. The van der Waals surface area contributed by atoms with Gasteiger partial charge in [0.1, 0.15) is 11.0 Å². The Kier molecular flexibility index (Phi) is 6.00. The van der Waals surface area contributed by atoms with E-state index >= 15 is 0 Å². The van der Waals surface area contributed by atoms with Crippen LogP contribution in [0.1, 0.15) is 12.8 Å². The number of amides is 3. The summed E-state index contributed by atoms with van der Waals surface area (Å²) >= 11 is 0.835. The molecule has 1 atom stereocenters. The molecule has 0 spiro atoms. The lowest BCUT2D eigenvalue weighted by Crippen LogP contribution is -2.35. The number of ether oxygens (including phenoxy) is 1. The quantitative estimate of drug-likeness (QED) is 0.724. The Labute approximate surface area is 138 Å². The number of imide groups is 1. The van der Waals surface area contributed by atoms with Gasteiger partial charge in [-0.1, -0.05) is 12.1 Å². The van der Waals surface area contributed by atoms with E-state index in [2.05, 4.69) is 5.32 Å². The summed E-state index contributed by atoms with van der Waals surface area (Å²) in [5.74, 6) is -0.330. The van der Waals surface area contributed by atoms with E-state index in [1.165, 1.54) is 7.11 Å². The third kappa shape index (κ3) is 4.02. The normalized spacial score (nSPS) is 17.5. The lowest BCUT2D eigenvalue weighted by molar-refractivity contribution is -0.124. The molecule has 1 aliphatic rings. The highest BCUT2D eigenvalue weighted by atomic mass is 32.2. The van der Waals surface area contributed by atoms with Crippen LogP contribution >= 0.6 is 11.8 Å². The predicted molar refractivity (Wildman–Crippen MR) is 86.6 cm³/mol. The van der Waals surface area contributed by atoms with Gasteiger partial charge in [-0.2, -0.15) is 0 Å². The number of rotatable bonds is 7. The first-order chi connectivity index (χ1) is 11.1. The molecule has 0 bridgehead atoms. The monoisotopic (exact) mass is 338 g/mol. The molecule has 0 radical (unpaired) electrons. The third-order valence-corrected chi connectivity index (χ3v) is 4.31. The number of carbonyl (C=O) groups is 3. The number of methoxy groups -OCH3 is 1. The summed E-state index contributed by atoms with van der Waals surface area (Å²) in [5, 5.41) is 10.1. The number of hydrogen-bond donors (Lipinski definition) is 2. The maximum Gasteiger partial charge on any atom is 0.293 e. The van der Waals surface area contributed by atoms with Crippen molar-refractivity contribution in [3.63, 3.8) is 0 Å². The first-order valence-corrected chi connectivity index (χ1v) is 8.01. The van der Waals surface area contributed by atoms with Gasteiger partial charge in [-0.05, 0) is 30.3 Å². The van der Waals surface area contributed by atoms with Gasteiger partial charge in [0.2, 0.25) is 11.8 Å². The van der Waals surface area contributed by atoms with Crippen molar-refractivity contribution in [2.75, 3.05) is 25.2 Å².